The highest BCUT2D eigenvalue weighted by Crippen LogP contribution is 2.44. The average Bonchev–Trinajstić information content (AvgIpc) is 2.65. The number of aromatic nitrogens is 1. The number of hydrogen-bond donors (Lipinski definition) is 2. The fourth-order valence-electron chi connectivity index (χ4n) is 3.94. The van der Waals surface area contributed by atoms with Crippen LogP contribution in [0.2, 0.25) is 0 Å². The molecule has 2 aromatic carbocycles. The molecule has 2 N–H and O–H groups in total. The third-order valence-corrected chi connectivity index (χ3v) is 5.46. The maximum atomic E-state index is 14.1. The van der Waals surface area contributed by atoms with Crippen LogP contribution < -0.4 is 5.43 Å². The molecule has 30 heavy (non-hydrogen) atoms. The minimum atomic E-state index is -4.94. The van der Waals surface area contributed by atoms with Crippen LogP contribution in [0.3, 0.4) is 0 Å². The molecule has 0 aliphatic rings. The Hall–Kier alpha value is -2.80. The number of alkyl halides is 3. The summed E-state index contributed by atoms with van der Waals surface area (Å²) >= 11 is 0. The molecule has 1 aromatic heterocycles. The molecule has 0 radical (unpaired) electrons. The van der Waals surface area contributed by atoms with E-state index in [1.54, 1.807) is 51.1 Å². The molecule has 0 saturated carbocycles. The summed E-state index contributed by atoms with van der Waals surface area (Å²) in [4.78, 5) is 12.1. The SMILES string of the molecule is Cc1ccc(O)c(C(C)(C)CC(O)(Cn2ccc(=O)c3ccccc32)C(F)(F)F)c1. The summed E-state index contributed by atoms with van der Waals surface area (Å²) in [5, 5.41) is 21.4. The molecule has 0 fully saturated rings. The number of phenols is 1. The number of aliphatic hydroxyl groups is 1. The first-order valence-electron chi connectivity index (χ1n) is 9.51. The quantitative estimate of drug-likeness (QED) is 0.631. The predicted molar refractivity (Wildman–Crippen MR) is 110 cm³/mol. The molecule has 0 bridgehead atoms. The molecule has 1 atom stereocenters. The Morgan fingerprint density at radius 2 is 1.70 bits per heavy atom. The first-order valence-corrected chi connectivity index (χ1v) is 9.51. The van der Waals surface area contributed by atoms with Crippen LogP contribution in [0.25, 0.3) is 10.9 Å². The van der Waals surface area contributed by atoms with Crippen LogP contribution in [0.15, 0.2) is 59.5 Å². The maximum Gasteiger partial charge on any atom is 0.418 e. The first kappa shape index (κ1) is 21.9. The molecule has 3 rings (SSSR count). The van der Waals surface area contributed by atoms with Gasteiger partial charge in [0, 0.05) is 17.6 Å². The molecule has 4 nitrogen and oxygen atoms in total. The third-order valence-electron chi connectivity index (χ3n) is 5.46. The van der Waals surface area contributed by atoms with Crippen molar-refractivity contribution in [3.05, 3.63) is 76.1 Å². The van der Waals surface area contributed by atoms with Crippen molar-refractivity contribution in [1.29, 1.82) is 0 Å². The lowest BCUT2D eigenvalue weighted by molar-refractivity contribution is -0.271. The van der Waals surface area contributed by atoms with Gasteiger partial charge in [0.15, 0.2) is 11.0 Å². The van der Waals surface area contributed by atoms with Crippen LogP contribution >= 0.6 is 0 Å². The van der Waals surface area contributed by atoms with Crippen molar-refractivity contribution in [2.75, 3.05) is 0 Å². The van der Waals surface area contributed by atoms with Gasteiger partial charge in [-0.1, -0.05) is 43.7 Å². The Bertz CT molecular complexity index is 1130. The van der Waals surface area contributed by atoms with E-state index in [4.69, 9.17) is 0 Å². The topological polar surface area (TPSA) is 62.5 Å². The number of halogens is 3. The summed E-state index contributed by atoms with van der Waals surface area (Å²) in [5.41, 5.74) is -3.15. The summed E-state index contributed by atoms with van der Waals surface area (Å²) in [6.07, 6.45) is -4.35. The molecule has 7 heteroatoms. The standard InChI is InChI=1S/C23H24F3NO3/c1-15-8-9-20(29)17(12-15)21(2,3)13-22(30,23(24,25)26)14-27-11-10-19(28)16-6-4-5-7-18(16)27/h4-12,29-30H,13-14H2,1-3H3. The van der Waals surface area contributed by atoms with Crippen molar-refractivity contribution in [3.8, 4) is 5.75 Å². The van der Waals surface area contributed by atoms with E-state index in [2.05, 4.69) is 0 Å². The highest BCUT2D eigenvalue weighted by molar-refractivity contribution is 5.78. The van der Waals surface area contributed by atoms with Crippen molar-refractivity contribution in [2.24, 2.45) is 0 Å². The molecule has 3 aromatic rings. The molecule has 0 amide bonds. The van der Waals surface area contributed by atoms with E-state index in [-0.39, 0.29) is 16.6 Å². The van der Waals surface area contributed by atoms with Crippen LogP contribution in [0.4, 0.5) is 13.2 Å². The van der Waals surface area contributed by atoms with Crippen LogP contribution in [-0.2, 0) is 12.0 Å². The number of phenolic OH excluding ortho intramolecular Hbond substituents is 1. The lowest BCUT2D eigenvalue weighted by Crippen LogP contribution is -2.52. The average molecular weight is 419 g/mol. The molecule has 0 saturated heterocycles. The summed E-state index contributed by atoms with van der Waals surface area (Å²) in [6.45, 7) is 4.11. The van der Waals surface area contributed by atoms with E-state index in [0.717, 1.165) is 5.56 Å². The van der Waals surface area contributed by atoms with Gasteiger partial charge in [0.05, 0.1) is 12.1 Å². The number of aromatic hydroxyl groups is 1. The number of pyridine rings is 1. The minimum absolute atomic E-state index is 0.121. The molecule has 1 heterocycles. The van der Waals surface area contributed by atoms with Gasteiger partial charge >= 0.3 is 6.18 Å². The van der Waals surface area contributed by atoms with Gasteiger partial charge in [-0.05, 0) is 42.5 Å². The smallest absolute Gasteiger partial charge is 0.418 e. The zero-order valence-electron chi connectivity index (χ0n) is 17.0. The fourth-order valence-corrected chi connectivity index (χ4v) is 3.94. The predicted octanol–water partition coefficient (Wildman–Crippen LogP) is 4.68. The molecule has 0 aliphatic carbocycles. The first-order chi connectivity index (χ1) is 13.8. The van der Waals surface area contributed by atoms with Crippen LogP contribution in [0, 0.1) is 6.92 Å². The van der Waals surface area contributed by atoms with Crippen molar-refractivity contribution < 1.29 is 23.4 Å². The maximum absolute atomic E-state index is 14.1. The number of fused-ring (bicyclic) bond motifs is 1. The Balaban J connectivity index is 2.07. The number of benzene rings is 2. The Kier molecular flexibility index (Phi) is 5.45. The summed E-state index contributed by atoms with van der Waals surface area (Å²) < 4.78 is 43.6. The number of rotatable bonds is 5. The zero-order chi connectivity index (χ0) is 22.3. The summed E-state index contributed by atoms with van der Waals surface area (Å²) in [5.74, 6) is -0.121. The van der Waals surface area contributed by atoms with Crippen molar-refractivity contribution in [3.63, 3.8) is 0 Å². The fraction of sp³-hybridized carbons (Fsp3) is 0.348. The third kappa shape index (κ3) is 4.07. The summed E-state index contributed by atoms with van der Waals surface area (Å²) in [7, 11) is 0. The highest BCUT2D eigenvalue weighted by Gasteiger charge is 2.56. The molecular weight excluding hydrogens is 395 g/mol. The second kappa shape index (κ2) is 7.47. The molecular formula is C23H24F3NO3. The van der Waals surface area contributed by atoms with Crippen LogP contribution in [0.1, 0.15) is 31.4 Å². The van der Waals surface area contributed by atoms with Crippen LogP contribution in [-0.4, -0.2) is 26.6 Å². The minimum Gasteiger partial charge on any atom is -0.508 e. The van der Waals surface area contributed by atoms with Gasteiger partial charge in [-0.3, -0.25) is 4.79 Å². The Morgan fingerprint density at radius 3 is 2.37 bits per heavy atom. The van der Waals surface area contributed by atoms with E-state index in [9.17, 15) is 28.2 Å². The van der Waals surface area contributed by atoms with E-state index in [1.807, 2.05) is 0 Å². The van der Waals surface area contributed by atoms with E-state index in [1.165, 1.54) is 29.0 Å². The van der Waals surface area contributed by atoms with Gasteiger partial charge in [-0.25, -0.2) is 0 Å². The van der Waals surface area contributed by atoms with Gasteiger partial charge in [-0.2, -0.15) is 13.2 Å². The van der Waals surface area contributed by atoms with Gasteiger partial charge in [0.2, 0.25) is 0 Å². The number of para-hydroxylation sites is 1. The molecule has 0 spiro atoms. The van der Waals surface area contributed by atoms with Gasteiger partial charge in [0.25, 0.3) is 0 Å². The van der Waals surface area contributed by atoms with Gasteiger partial charge in [0.1, 0.15) is 5.75 Å². The lowest BCUT2D eigenvalue weighted by Gasteiger charge is -2.38. The number of hydrogen-bond acceptors (Lipinski definition) is 3. The van der Waals surface area contributed by atoms with Gasteiger partial charge in [-0.15, -0.1) is 0 Å². The van der Waals surface area contributed by atoms with Crippen LogP contribution in [0.5, 0.6) is 5.75 Å². The normalized spacial score (nSPS) is 14.6. The molecule has 160 valence electrons. The van der Waals surface area contributed by atoms with E-state index >= 15 is 0 Å². The Labute approximate surface area is 172 Å². The number of nitrogens with zero attached hydrogens (tertiary/aromatic N) is 1. The zero-order valence-corrected chi connectivity index (χ0v) is 17.0. The van der Waals surface area contributed by atoms with Crippen molar-refractivity contribution in [2.45, 2.75) is 50.9 Å². The summed E-state index contributed by atoms with van der Waals surface area (Å²) in [6, 6.07) is 12.3. The number of aryl methyl sites for hydroxylation is 1. The lowest BCUT2D eigenvalue weighted by atomic mass is 9.74. The van der Waals surface area contributed by atoms with Crippen molar-refractivity contribution >= 4 is 10.9 Å². The second-order valence-electron chi connectivity index (χ2n) is 8.44. The Morgan fingerprint density at radius 1 is 1.03 bits per heavy atom. The molecule has 1 unspecified atom stereocenters. The largest absolute Gasteiger partial charge is 0.508 e. The highest BCUT2D eigenvalue weighted by atomic mass is 19.4. The van der Waals surface area contributed by atoms with Gasteiger partial charge < -0.3 is 14.8 Å². The second-order valence-corrected chi connectivity index (χ2v) is 8.44. The van der Waals surface area contributed by atoms with E-state index in [0.29, 0.717) is 11.1 Å². The van der Waals surface area contributed by atoms with Crippen molar-refractivity contribution in [1.82, 2.24) is 4.57 Å². The van der Waals surface area contributed by atoms with E-state index < -0.39 is 30.2 Å². The molecule has 0 aliphatic heterocycles. The monoisotopic (exact) mass is 419 g/mol.